The molecule has 2 rings (SSSR count). The maximum Gasteiger partial charge on any atom is 0.144 e. The molecule has 1 heterocycles. The minimum Gasteiger partial charge on any atom is -0.367 e. The van der Waals surface area contributed by atoms with Gasteiger partial charge < -0.3 is 5.32 Å². The fourth-order valence-corrected chi connectivity index (χ4v) is 1.86. The van der Waals surface area contributed by atoms with Crippen molar-refractivity contribution in [3.8, 4) is 0 Å². The second kappa shape index (κ2) is 5.00. The number of hydrogen-bond donors (Lipinski definition) is 1. The van der Waals surface area contributed by atoms with Gasteiger partial charge in [0.15, 0.2) is 0 Å². The summed E-state index contributed by atoms with van der Waals surface area (Å²) in [5.41, 5.74) is 2.00. The van der Waals surface area contributed by atoms with Crippen molar-refractivity contribution in [3.05, 3.63) is 17.6 Å². The highest BCUT2D eigenvalue weighted by Gasteiger charge is 2.28. The summed E-state index contributed by atoms with van der Waals surface area (Å²) in [5.74, 6) is 0.879. The van der Waals surface area contributed by atoms with Gasteiger partial charge in [-0.15, -0.1) is 0 Å². The predicted molar refractivity (Wildman–Crippen MR) is 70.2 cm³/mol. The summed E-state index contributed by atoms with van der Waals surface area (Å²) >= 11 is 0. The van der Waals surface area contributed by atoms with Crippen molar-refractivity contribution < 1.29 is 0 Å². The number of nitrogens with zero attached hydrogens (tertiary/aromatic N) is 3. The number of likely N-dealkylation sites (N-methyl/N-ethyl adjacent to an activating group) is 1. The van der Waals surface area contributed by atoms with E-state index < -0.39 is 0 Å². The van der Waals surface area contributed by atoms with Crippen LogP contribution < -0.4 is 5.32 Å². The van der Waals surface area contributed by atoms with Crippen LogP contribution in [0.2, 0.25) is 0 Å². The van der Waals surface area contributed by atoms with Gasteiger partial charge in [0, 0.05) is 18.6 Å². The maximum absolute atomic E-state index is 4.47. The Balaban J connectivity index is 1.86. The van der Waals surface area contributed by atoms with Gasteiger partial charge in [0.25, 0.3) is 0 Å². The molecule has 1 saturated carbocycles. The Bertz CT molecular complexity index is 387. The summed E-state index contributed by atoms with van der Waals surface area (Å²) in [6.45, 7) is 7.15. The summed E-state index contributed by atoms with van der Waals surface area (Å²) < 4.78 is 0. The Kier molecular flexibility index (Phi) is 3.62. The Morgan fingerprint density at radius 1 is 1.41 bits per heavy atom. The molecule has 4 heteroatoms. The normalized spacial score (nSPS) is 17.2. The fourth-order valence-electron chi connectivity index (χ4n) is 1.86. The number of aromatic nitrogens is 2. The van der Waals surface area contributed by atoms with Crippen molar-refractivity contribution in [2.24, 2.45) is 0 Å². The van der Waals surface area contributed by atoms with Crippen LogP contribution in [0.4, 0.5) is 5.82 Å². The Morgan fingerprint density at radius 3 is 2.71 bits per heavy atom. The van der Waals surface area contributed by atoms with E-state index in [0.29, 0.717) is 6.04 Å². The lowest BCUT2D eigenvalue weighted by Crippen LogP contribution is -2.36. The maximum atomic E-state index is 4.47. The number of hydrogen-bond acceptors (Lipinski definition) is 4. The lowest BCUT2D eigenvalue weighted by atomic mass is 10.3. The second-order valence-electron chi connectivity index (χ2n) is 5.05. The van der Waals surface area contributed by atoms with Crippen LogP contribution in [-0.4, -0.2) is 40.5 Å². The average molecular weight is 234 g/mol. The molecule has 0 aliphatic heterocycles. The van der Waals surface area contributed by atoms with E-state index in [-0.39, 0.29) is 0 Å². The summed E-state index contributed by atoms with van der Waals surface area (Å²) in [7, 11) is 2.20. The van der Waals surface area contributed by atoms with Crippen LogP contribution in [0.15, 0.2) is 6.20 Å². The molecule has 1 aliphatic carbocycles. The first-order valence-corrected chi connectivity index (χ1v) is 6.34. The SMILES string of the molecule is Cc1ncc(NCC(C)N(C)C2CC2)nc1C. The van der Waals surface area contributed by atoms with Gasteiger partial charge in [-0.3, -0.25) is 9.88 Å². The molecule has 94 valence electrons. The first-order valence-electron chi connectivity index (χ1n) is 6.34. The van der Waals surface area contributed by atoms with Crippen LogP contribution in [0.1, 0.15) is 31.2 Å². The highest BCUT2D eigenvalue weighted by molar-refractivity contribution is 5.33. The van der Waals surface area contributed by atoms with E-state index in [0.717, 1.165) is 29.8 Å². The molecule has 17 heavy (non-hydrogen) atoms. The van der Waals surface area contributed by atoms with Crippen molar-refractivity contribution in [1.29, 1.82) is 0 Å². The molecule has 0 bridgehead atoms. The zero-order valence-corrected chi connectivity index (χ0v) is 11.2. The van der Waals surface area contributed by atoms with Crippen molar-refractivity contribution in [2.75, 3.05) is 18.9 Å². The molecule has 0 radical (unpaired) electrons. The summed E-state index contributed by atoms with van der Waals surface area (Å²) in [5, 5.41) is 3.36. The van der Waals surface area contributed by atoms with Crippen molar-refractivity contribution in [3.63, 3.8) is 0 Å². The van der Waals surface area contributed by atoms with Gasteiger partial charge in [-0.2, -0.15) is 0 Å². The molecule has 4 nitrogen and oxygen atoms in total. The zero-order valence-electron chi connectivity index (χ0n) is 11.2. The molecule has 0 saturated heterocycles. The van der Waals surface area contributed by atoms with Crippen LogP contribution in [0.3, 0.4) is 0 Å². The van der Waals surface area contributed by atoms with Crippen LogP contribution in [0, 0.1) is 13.8 Å². The molecule has 1 aromatic rings. The van der Waals surface area contributed by atoms with E-state index in [1.54, 1.807) is 0 Å². The lowest BCUT2D eigenvalue weighted by Gasteiger charge is -2.24. The van der Waals surface area contributed by atoms with Gasteiger partial charge in [-0.1, -0.05) is 0 Å². The molecule has 0 spiro atoms. The van der Waals surface area contributed by atoms with Crippen LogP contribution in [0.25, 0.3) is 0 Å². The minimum absolute atomic E-state index is 0.533. The molecule has 1 fully saturated rings. The Hall–Kier alpha value is -1.16. The lowest BCUT2D eigenvalue weighted by molar-refractivity contribution is 0.257. The number of anilines is 1. The van der Waals surface area contributed by atoms with E-state index in [9.17, 15) is 0 Å². The van der Waals surface area contributed by atoms with Gasteiger partial charge in [0.2, 0.25) is 0 Å². The van der Waals surface area contributed by atoms with Gasteiger partial charge in [0.1, 0.15) is 5.82 Å². The summed E-state index contributed by atoms with van der Waals surface area (Å²) in [6.07, 6.45) is 4.51. The van der Waals surface area contributed by atoms with Gasteiger partial charge in [-0.05, 0) is 40.7 Å². The predicted octanol–water partition coefficient (Wildman–Crippen LogP) is 1.99. The Morgan fingerprint density at radius 2 is 2.12 bits per heavy atom. The molecule has 1 unspecified atom stereocenters. The van der Waals surface area contributed by atoms with Gasteiger partial charge >= 0.3 is 0 Å². The van der Waals surface area contributed by atoms with E-state index in [4.69, 9.17) is 0 Å². The molecule has 0 aromatic carbocycles. The van der Waals surface area contributed by atoms with E-state index >= 15 is 0 Å². The fraction of sp³-hybridized carbons (Fsp3) is 0.692. The smallest absolute Gasteiger partial charge is 0.144 e. The van der Waals surface area contributed by atoms with E-state index in [1.165, 1.54) is 12.8 Å². The monoisotopic (exact) mass is 234 g/mol. The number of rotatable bonds is 5. The zero-order chi connectivity index (χ0) is 12.4. The third kappa shape index (κ3) is 3.16. The highest BCUT2D eigenvalue weighted by Crippen LogP contribution is 2.26. The third-order valence-corrected chi connectivity index (χ3v) is 3.59. The topological polar surface area (TPSA) is 41.1 Å². The van der Waals surface area contributed by atoms with Crippen molar-refractivity contribution in [1.82, 2.24) is 14.9 Å². The second-order valence-corrected chi connectivity index (χ2v) is 5.05. The molecule has 1 aliphatic rings. The quantitative estimate of drug-likeness (QED) is 0.846. The van der Waals surface area contributed by atoms with Gasteiger partial charge in [0.05, 0.1) is 17.6 Å². The molecule has 1 aromatic heterocycles. The first-order chi connectivity index (χ1) is 8.08. The number of nitrogens with one attached hydrogen (secondary N) is 1. The molecule has 1 N–H and O–H groups in total. The van der Waals surface area contributed by atoms with Crippen molar-refractivity contribution >= 4 is 5.82 Å². The van der Waals surface area contributed by atoms with Crippen molar-refractivity contribution in [2.45, 2.75) is 45.7 Å². The summed E-state index contributed by atoms with van der Waals surface area (Å²) in [6, 6.07) is 1.34. The molecule has 0 amide bonds. The highest BCUT2D eigenvalue weighted by atomic mass is 15.2. The Labute approximate surface area is 103 Å². The molecule has 1 atom stereocenters. The van der Waals surface area contributed by atoms with E-state index in [1.807, 2.05) is 20.0 Å². The first kappa shape index (κ1) is 12.3. The molecular formula is C13H22N4. The van der Waals surface area contributed by atoms with E-state index in [2.05, 4.69) is 34.2 Å². The van der Waals surface area contributed by atoms with Gasteiger partial charge in [-0.25, -0.2) is 4.98 Å². The average Bonchev–Trinajstić information content (AvgIpc) is 3.13. The third-order valence-electron chi connectivity index (χ3n) is 3.59. The molecular weight excluding hydrogens is 212 g/mol. The van der Waals surface area contributed by atoms with Crippen LogP contribution >= 0.6 is 0 Å². The van der Waals surface area contributed by atoms with Crippen LogP contribution in [0.5, 0.6) is 0 Å². The minimum atomic E-state index is 0.533. The standard InChI is InChI=1S/C13H22N4/c1-9(17(4)12-5-6-12)7-15-13-8-14-10(2)11(3)16-13/h8-9,12H,5-7H2,1-4H3,(H,15,16). The largest absolute Gasteiger partial charge is 0.367 e. The van der Waals surface area contributed by atoms with Crippen LogP contribution in [-0.2, 0) is 0 Å². The summed E-state index contributed by atoms with van der Waals surface area (Å²) in [4.78, 5) is 11.2. The number of aryl methyl sites for hydroxylation is 2.